The summed E-state index contributed by atoms with van der Waals surface area (Å²) in [6.07, 6.45) is 6.82. The van der Waals surface area contributed by atoms with Crippen molar-refractivity contribution in [1.29, 1.82) is 0 Å². The molecule has 1 fully saturated rings. The molecule has 0 bridgehead atoms. The van der Waals surface area contributed by atoms with Gasteiger partial charge in [-0.15, -0.1) is 5.10 Å². The monoisotopic (exact) mass is 256 g/mol. The summed E-state index contributed by atoms with van der Waals surface area (Å²) in [5, 5.41) is 14.0. The highest BCUT2D eigenvalue weighted by Gasteiger charge is 2.32. The van der Waals surface area contributed by atoms with Gasteiger partial charge >= 0.3 is 0 Å². The molecule has 4 nitrogen and oxygen atoms in total. The lowest BCUT2D eigenvalue weighted by molar-refractivity contribution is 0.332. The Hall–Kier alpha value is -1.68. The highest BCUT2D eigenvalue weighted by Crippen LogP contribution is 2.37. The molecule has 0 unspecified atom stereocenters. The van der Waals surface area contributed by atoms with Crippen LogP contribution in [-0.2, 0) is 0 Å². The first-order valence-electron chi connectivity index (χ1n) is 6.97. The summed E-state index contributed by atoms with van der Waals surface area (Å²) in [6.45, 7) is 1.64. The maximum Gasteiger partial charge on any atom is 0.156 e. The van der Waals surface area contributed by atoms with Crippen LogP contribution in [0.2, 0.25) is 0 Å². The molecule has 0 aliphatic heterocycles. The molecule has 0 atom stereocenters. The number of aromatic nitrogens is 2. The van der Waals surface area contributed by atoms with E-state index >= 15 is 0 Å². The Balaban J connectivity index is 1.82. The molecule has 1 aromatic heterocycles. The van der Waals surface area contributed by atoms with Gasteiger partial charge < -0.3 is 11.1 Å². The van der Waals surface area contributed by atoms with E-state index in [1.165, 1.54) is 25.7 Å². The van der Waals surface area contributed by atoms with Crippen LogP contribution in [0.5, 0.6) is 0 Å². The third kappa shape index (κ3) is 2.40. The summed E-state index contributed by atoms with van der Waals surface area (Å²) in [4.78, 5) is 0. The van der Waals surface area contributed by atoms with Gasteiger partial charge in [0.05, 0.1) is 6.20 Å². The van der Waals surface area contributed by atoms with Crippen LogP contribution in [0.3, 0.4) is 0 Å². The van der Waals surface area contributed by atoms with E-state index in [1.54, 1.807) is 6.20 Å². The minimum absolute atomic E-state index is 0.249. The fourth-order valence-corrected chi connectivity index (χ4v) is 3.01. The Morgan fingerprint density at radius 2 is 2.00 bits per heavy atom. The number of hydrogen-bond donors (Lipinski definition) is 2. The molecule has 1 aliphatic carbocycles. The van der Waals surface area contributed by atoms with Crippen molar-refractivity contribution in [3.63, 3.8) is 0 Å². The molecular formula is C15H20N4. The first-order valence-corrected chi connectivity index (χ1v) is 6.97. The number of nitrogens with one attached hydrogen (secondary N) is 1. The van der Waals surface area contributed by atoms with E-state index in [0.717, 1.165) is 29.7 Å². The fraction of sp³-hybridized carbons (Fsp3) is 0.467. The highest BCUT2D eigenvalue weighted by molar-refractivity contribution is 5.90. The first-order chi connectivity index (χ1) is 9.33. The number of hydrogen-bond acceptors (Lipinski definition) is 4. The van der Waals surface area contributed by atoms with Crippen molar-refractivity contribution in [2.24, 2.45) is 11.1 Å². The maximum absolute atomic E-state index is 5.97. The van der Waals surface area contributed by atoms with E-state index in [-0.39, 0.29) is 5.41 Å². The van der Waals surface area contributed by atoms with E-state index in [9.17, 15) is 0 Å². The van der Waals surface area contributed by atoms with Crippen LogP contribution in [0.15, 0.2) is 30.5 Å². The quantitative estimate of drug-likeness (QED) is 0.882. The van der Waals surface area contributed by atoms with Crippen LogP contribution >= 0.6 is 0 Å². The summed E-state index contributed by atoms with van der Waals surface area (Å²) in [6, 6.07) is 8.19. The van der Waals surface area contributed by atoms with E-state index in [0.29, 0.717) is 0 Å². The summed E-state index contributed by atoms with van der Waals surface area (Å²) in [5.74, 6) is 0.873. The summed E-state index contributed by atoms with van der Waals surface area (Å²) < 4.78 is 0. The third-order valence-electron chi connectivity index (χ3n) is 4.30. The number of benzene rings is 1. The topological polar surface area (TPSA) is 63.8 Å². The Morgan fingerprint density at radius 3 is 2.79 bits per heavy atom. The minimum atomic E-state index is 0.249. The van der Waals surface area contributed by atoms with Gasteiger partial charge in [-0.25, -0.2) is 0 Å². The lowest BCUT2D eigenvalue weighted by atomic mass is 9.86. The van der Waals surface area contributed by atoms with Gasteiger partial charge in [-0.05, 0) is 24.8 Å². The van der Waals surface area contributed by atoms with E-state index < -0.39 is 0 Å². The molecule has 19 heavy (non-hydrogen) atoms. The number of anilines is 1. The van der Waals surface area contributed by atoms with Crippen LogP contribution in [0.4, 0.5) is 5.82 Å². The zero-order chi connectivity index (χ0) is 13.1. The van der Waals surface area contributed by atoms with Crippen molar-refractivity contribution < 1.29 is 0 Å². The molecular weight excluding hydrogens is 236 g/mol. The average Bonchev–Trinajstić information content (AvgIpc) is 2.94. The number of nitrogens with zero attached hydrogens (tertiary/aromatic N) is 2. The summed E-state index contributed by atoms with van der Waals surface area (Å²) in [7, 11) is 0. The van der Waals surface area contributed by atoms with Gasteiger partial charge in [0.2, 0.25) is 0 Å². The standard InChI is InChI=1S/C15H20N4/c16-10-15(7-3-4-8-15)11-17-14-13-6-2-1-5-12(13)9-18-19-14/h1-2,5-6,9H,3-4,7-8,10-11,16H2,(H,17,19). The second-order valence-electron chi connectivity index (χ2n) is 5.55. The molecule has 0 saturated heterocycles. The number of rotatable bonds is 4. The Bertz CT molecular complexity index is 556. The lowest BCUT2D eigenvalue weighted by Crippen LogP contribution is -2.34. The molecule has 4 heteroatoms. The molecule has 0 amide bonds. The summed E-state index contributed by atoms with van der Waals surface area (Å²) in [5.41, 5.74) is 6.22. The largest absolute Gasteiger partial charge is 0.367 e. The zero-order valence-corrected chi connectivity index (χ0v) is 11.1. The lowest BCUT2D eigenvalue weighted by Gasteiger charge is -2.27. The zero-order valence-electron chi connectivity index (χ0n) is 11.1. The van der Waals surface area contributed by atoms with Crippen LogP contribution in [0, 0.1) is 5.41 Å². The maximum atomic E-state index is 5.97. The molecule has 0 spiro atoms. The molecule has 1 saturated carbocycles. The van der Waals surface area contributed by atoms with Crippen molar-refractivity contribution in [2.75, 3.05) is 18.4 Å². The number of nitrogens with two attached hydrogens (primary N) is 1. The van der Waals surface area contributed by atoms with Crippen LogP contribution < -0.4 is 11.1 Å². The van der Waals surface area contributed by atoms with Gasteiger partial charge in [0.1, 0.15) is 0 Å². The van der Waals surface area contributed by atoms with E-state index in [2.05, 4.69) is 27.6 Å². The Morgan fingerprint density at radius 1 is 1.21 bits per heavy atom. The van der Waals surface area contributed by atoms with E-state index in [4.69, 9.17) is 5.73 Å². The molecule has 0 radical (unpaired) electrons. The van der Waals surface area contributed by atoms with Gasteiger partial charge in [0, 0.05) is 17.3 Å². The second-order valence-corrected chi connectivity index (χ2v) is 5.55. The summed E-state index contributed by atoms with van der Waals surface area (Å²) >= 11 is 0. The van der Waals surface area contributed by atoms with Gasteiger partial charge in [0.15, 0.2) is 5.82 Å². The number of fused-ring (bicyclic) bond motifs is 1. The molecule has 1 heterocycles. The van der Waals surface area contributed by atoms with Crippen molar-refractivity contribution in [3.8, 4) is 0 Å². The predicted molar refractivity (Wildman–Crippen MR) is 78.0 cm³/mol. The highest BCUT2D eigenvalue weighted by atomic mass is 15.2. The third-order valence-corrected chi connectivity index (χ3v) is 4.30. The van der Waals surface area contributed by atoms with Crippen molar-refractivity contribution in [1.82, 2.24) is 10.2 Å². The van der Waals surface area contributed by atoms with Crippen molar-refractivity contribution >= 4 is 16.6 Å². The predicted octanol–water partition coefficient (Wildman–Crippen LogP) is 2.56. The normalized spacial score (nSPS) is 17.7. The second kappa shape index (κ2) is 5.13. The van der Waals surface area contributed by atoms with E-state index in [1.807, 2.05) is 12.1 Å². The molecule has 1 aromatic carbocycles. The smallest absolute Gasteiger partial charge is 0.156 e. The molecule has 100 valence electrons. The van der Waals surface area contributed by atoms with Gasteiger partial charge in [-0.1, -0.05) is 37.1 Å². The van der Waals surface area contributed by atoms with Gasteiger partial charge in [-0.2, -0.15) is 5.10 Å². The van der Waals surface area contributed by atoms with Gasteiger partial charge in [-0.3, -0.25) is 0 Å². The van der Waals surface area contributed by atoms with Crippen LogP contribution in [0.1, 0.15) is 25.7 Å². The Kier molecular flexibility index (Phi) is 3.34. The molecule has 3 N–H and O–H groups in total. The van der Waals surface area contributed by atoms with Crippen molar-refractivity contribution in [3.05, 3.63) is 30.5 Å². The minimum Gasteiger partial charge on any atom is -0.367 e. The van der Waals surface area contributed by atoms with Gasteiger partial charge in [0.25, 0.3) is 0 Å². The van der Waals surface area contributed by atoms with Crippen LogP contribution in [0.25, 0.3) is 10.8 Å². The van der Waals surface area contributed by atoms with Crippen LogP contribution in [-0.4, -0.2) is 23.3 Å². The molecule has 2 aromatic rings. The first kappa shape index (κ1) is 12.4. The SMILES string of the molecule is NCC1(CNc2nncc3ccccc23)CCCC1. The fourth-order valence-electron chi connectivity index (χ4n) is 3.01. The molecule has 3 rings (SSSR count). The average molecular weight is 256 g/mol. The molecule has 1 aliphatic rings. The van der Waals surface area contributed by atoms with Crippen molar-refractivity contribution in [2.45, 2.75) is 25.7 Å². The Labute approximate surface area is 113 Å².